The first-order chi connectivity index (χ1) is 10.6. The van der Waals surface area contributed by atoms with Gasteiger partial charge in [0.2, 0.25) is 0 Å². The molecule has 3 rings (SSSR count). The Hall–Kier alpha value is -2.50. The Balaban J connectivity index is 1.87. The van der Waals surface area contributed by atoms with Gasteiger partial charge in [-0.1, -0.05) is 19.1 Å². The number of aromatic nitrogens is 4. The summed E-state index contributed by atoms with van der Waals surface area (Å²) in [6.07, 6.45) is 0.768. The SMILES string of the molecule is CCc1nnc2ccc(N(C)Cc3ccc(C)c(F)c3)nn12. The van der Waals surface area contributed by atoms with Gasteiger partial charge < -0.3 is 4.90 Å². The first-order valence-corrected chi connectivity index (χ1v) is 7.26. The van der Waals surface area contributed by atoms with E-state index >= 15 is 0 Å². The monoisotopic (exact) mass is 299 g/mol. The van der Waals surface area contributed by atoms with Crippen LogP contribution in [0.15, 0.2) is 30.3 Å². The summed E-state index contributed by atoms with van der Waals surface area (Å²) in [5.74, 6) is 1.44. The standard InChI is InChI=1S/C16H18FN5/c1-4-14-18-19-15-7-8-16(20-22(14)15)21(3)10-12-6-5-11(2)13(17)9-12/h5-9H,4,10H2,1-3H3. The summed E-state index contributed by atoms with van der Waals surface area (Å²) in [7, 11) is 1.93. The van der Waals surface area contributed by atoms with E-state index in [-0.39, 0.29) is 5.82 Å². The largest absolute Gasteiger partial charge is 0.354 e. The van der Waals surface area contributed by atoms with Gasteiger partial charge in [-0.15, -0.1) is 15.3 Å². The van der Waals surface area contributed by atoms with Crippen LogP contribution in [0.3, 0.4) is 0 Å². The number of anilines is 1. The summed E-state index contributed by atoms with van der Waals surface area (Å²) >= 11 is 0. The molecule has 1 aromatic carbocycles. The third kappa shape index (κ3) is 2.64. The second kappa shape index (κ2) is 5.71. The fourth-order valence-corrected chi connectivity index (χ4v) is 2.34. The van der Waals surface area contributed by atoms with Crippen LogP contribution in [-0.4, -0.2) is 26.9 Å². The molecule has 0 N–H and O–H groups in total. The Kier molecular flexibility index (Phi) is 3.75. The van der Waals surface area contributed by atoms with Crippen molar-refractivity contribution in [2.75, 3.05) is 11.9 Å². The van der Waals surface area contributed by atoms with Gasteiger partial charge in [-0.25, -0.2) is 4.39 Å². The molecule has 0 saturated carbocycles. The Labute approximate surface area is 128 Å². The van der Waals surface area contributed by atoms with E-state index in [9.17, 15) is 4.39 Å². The molecule has 0 radical (unpaired) electrons. The van der Waals surface area contributed by atoms with Gasteiger partial charge >= 0.3 is 0 Å². The minimum atomic E-state index is -0.179. The van der Waals surface area contributed by atoms with Crippen LogP contribution in [0, 0.1) is 12.7 Å². The summed E-state index contributed by atoms with van der Waals surface area (Å²) in [6, 6.07) is 9.09. The molecule has 2 heterocycles. The molecule has 0 amide bonds. The molecule has 3 aromatic rings. The molecule has 5 nitrogen and oxygen atoms in total. The summed E-state index contributed by atoms with van der Waals surface area (Å²) in [6.45, 7) is 4.36. The highest BCUT2D eigenvalue weighted by Crippen LogP contribution is 2.16. The van der Waals surface area contributed by atoms with E-state index < -0.39 is 0 Å². The van der Waals surface area contributed by atoms with Crippen molar-refractivity contribution in [2.45, 2.75) is 26.8 Å². The zero-order valence-corrected chi connectivity index (χ0v) is 12.9. The number of nitrogens with zero attached hydrogens (tertiary/aromatic N) is 5. The summed E-state index contributed by atoms with van der Waals surface area (Å²) in [5, 5.41) is 12.7. The zero-order chi connectivity index (χ0) is 15.7. The number of aryl methyl sites for hydroxylation is 2. The molecule has 6 heteroatoms. The first-order valence-electron chi connectivity index (χ1n) is 7.26. The summed E-state index contributed by atoms with van der Waals surface area (Å²) in [4.78, 5) is 1.98. The van der Waals surface area contributed by atoms with Crippen LogP contribution in [0.25, 0.3) is 5.65 Å². The Bertz CT molecular complexity index is 811. The van der Waals surface area contributed by atoms with Crippen molar-refractivity contribution in [2.24, 2.45) is 0 Å². The van der Waals surface area contributed by atoms with E-state index in [1.165, 1.54) is 0 Å². The quantitative estimate of drug-likeness (QED) is 0.743. The van der Waals surface area contributed by atoms with Gasteiger partial charge in [0.15, 0.2) is 11.5 Å². The molecule has 2 aromatic heterocycles. The van der Waals surface area contributed by atoms with Crippen molar-refractivity contribution in [1.82, 2.24) is 19.8 Å². The van der Waals surface area contributed by atoms with Crippen molar-refractivity contribution in [3.63, 3.8) is 0 Å². The molecule has 0 aliphatic carbocycles. The first kappa shape index (κ1) is 14.4. The maximum atomic E-state index is 13.6. The van der Waals surface area contributed by atoms with Gasteiger partial charge in [-0.2, -0.15) is 4.52 Å². The molecule has 0 aliphatic heterocycles. The van der Waals surface area contributed by atoms with E-state index in [4.69, 9.17) is 0 Å². The molecule has 0 fully saturated rings. The fourth-order valence-electron chi connectivity index (χ4n) is 2.34. The molecule has 0 spiro atoms. The predicted octanol–water partition coefficient (Wildman–Crippen LogP) is 2.77. The third-order valence-corrected chi connectivity index (χ3v) is 3.68. The maximum absolute atomic E-state index is 13.6. The highest BCUT2D eigenvalue weighted by atomic mass is 19.1. The van der Waals surface area contributed by atoms with E-state index in [0.29, 0.717) is 12.1 Å². The Morgan fingerprint density at radius 3 is 2.73 bits per heavy atom. The highest BCUT2D eigenvalue weighted by molar-refractivity contribution is 5.45. The van der Waals surface area contributed by atoms with Crippen LogP contribution in [-0.2, 0) is 13.0 Å². The lowest BCUT2D eigenvalue weighted by Crippen LogP contribution is -2.19. The Morgan fingerprint density at radius 1 is 1.18 bits per heavy atom. The molecule has 0 saturated heterocycles. The van der Waals surface area contributed by atoms with Gasteiger partial charge in [0, 0.05) is 20.0 Å². The average Bonchev–Trinajstić information content (AvgIpc) is 2.93. The average molecular weight is 299 g/mol. The lowest BCUT2D eigenvalue weighted by molar-refractivity contribution is 0.615. The number of rotatable bonds is 4. The van der Waals surface area contributed by atoms with E-state index in [0.717, 1.165) is 29.3 Å². The normalized spacial score (nSPS) is 11.1. The van der Waals surface area contributed by atoms with Gasteiger partial charge in [-0.05, 0) is 36.2 Å². The van der Waals surface area contributed by atoms with Crippen LogP contribution in [0.4, 0.5) is 10.2 Å². The summed E-state index contributed by atoms with van der Waals surface area (Å²) in [5.41, 5.74) is 2.30. The lowest BCUT2D eigenvalue weighted by Gasteiger charge is -2.18. The predicted molar refractivity (Wildman–Crippen MR) is 83.4 cm³/mol. The van der Waals surface area contributed by atoms with Crippen molar-refractivity contribution < 1.29 is 4.39 Å². The minimum Gasteiger partial charge on any atom is -0.354 e. The second-order valence-electron chi connectivity index (χ2n) is 5.37. The second-order valence-corrected chi connectivity index (χ2v) is 5.37. The minimum absolute atomic E-state index is 0.179. The summed E-state index contributed by atoms with van der Waals surface area (Å²) < 4.78 is 15.4. The smallest absolute Gasteiger partial charge is 0.178 e. The fraction of sp³-hybridized carbons (Fsp3) is 0.312. The van der Waals surface area contributed by atoms with E-state index in [1.807, 2.05) is 37.1 Å². The van der Waals surface area contributed by atoms with Gasteiger partial charge in [0.05, 0.1) is 0 Å². The van der Waals surface area contributed by atoms with Crippen molar-refractivity contribution >= 4 is 11.5 Å². The third-order valence-electron chi connectivity index (χ3n) is 3.68. The van der Waals surface area contributed by atoms with E-state index in [2.05, 4.69) is 15.3 Å². The molecule has 0 atom stereocenters. The number of hydrogen-bond acceptors (Lipinski definition) is 4. The molecule has 0 bridgehead atoms. The maximum Gasteiger partial charge on any atom is 0.178 e. The van der Waals surface area contributed by atoms with Gasteiger partial charge in [0.25, 0.3) is 0 Å². The molecule has 0 unspecified atom stereocenters. The van der Waals surface area contributed by atoms with E-state index in [1.54, 1.807) is 23.6 Å². The van der Waals surface area contributed by atoms with Gasteiger partial charge in [0.1, 0.15) is 11.6 Å². The number of halogens is 1. The van der Waals surface area contributed by atoms with Crippen LogP contribution in [0.1, 0.15) is 23.9 Å². The topological polar surface area (TPSA) is 46.3 Å². The van der Waals surface area contributed by atoms with Crippen molar-refractivity contribution in [1.29, 1.82) is 0 Å². The molecular weight excluding hydrogens is 281 g/mol. The Morgan fingerprint density at radius 2 is 2.00 bits per heavy atom. The van der Waals surface area contributed by atoms with Crippen LogP contribution >= 0.6 is 0 Å². The van der Waals surface area contributed by atoms with Crippen LogP contribution in [0.2, 0.25) is 0 Å². The van der Waals surface area contributed by atoms with Gasteiger partial charge in [-0.3, -0.25) is 0 Å². The van der Waals surface area contributed by atoms with Crippen molar-refractivity contribution in [3.05, 3.63) is 53.1 Å². The van der Waals surface area contributed by atoms with Crippen LogP contribution < -0.4 is 4.90 Å². The molecule has 114 valence electrons. The highest BCUT2D eigenvalue weighted by Gasteiger charge is 2.09. The van der Waals surface area contributed by atoms with Crippen molar-refractivity contribution in [3.8, 4) is 0 Å². The zero-order valence-electron chi connectivity index (χ0n) is 12.9. The number of benzene rings is 1. The number of hydrogen-bond donors (Lipinski definition) is 0. The molecule has 0 aliphatic rings. The molecular formula is C16H18FN5. The van der Waals surface area contributed by atoms with Crippen LogP contribution in [0.5, 0.6) is 0 Å². The number of fused-ring (bicyclic) bond motifs is 1. The molecule has 22 heavy (non-hydrogen) atoms. The lowest BCUT2D eigenvalue weighted by atomic mass is 10.1.